The van der Waals surface area contributed by atoms with Crippen LogP contribution in [0.5, 0.6) is 17.2 Å². The van der Waals surface area contributed by atoms with Gasteiger partial charge in [0.25, 0.3) is 15.9 Å². The van der Waals surface area contributed by atoms with Crippen molar-refractivity contribution in [3.63, 3.8) is 0 Å². The van der Waals surface area contributed by atoms with Gasteiger partial charge in [-0.25, -0.2) is 35.9 Å². The highest BCUT2D eigenvalue weighted by atomic mass is 32.2. The van der Waals surface area contributed by atoms with Gasteiger partial charge < -0.3 is 14.2 Å². The van der Waals surface area contributed by atoms with Crippen molar-refractivity contribution in [3.05, 3.63) is 84.3 Å². The molecule has 2 aromatic carbocycles. The summed E-state index contributed by atoms with van der Waals surface area (Å²) in [5.74, 6) is -3.70. The lowest BCUT2D eigenvalue weighted by atomic mass is 9.82. The van der Waals surface area contributed by atoms with Crippen LogP contribution in [0.4, 0.5) is 19.0 Å². The molecule has 14 heteroatoms. The molecule has 43 heavy (non-hydrogen) atoms. The van der Waals surface area contributed by atoms with Gasteiger partial charge in [0.2, 0.25) is 0 Å². The van der Waals surface area contributed by atoms with Crippen LogP contribution < -0.4 is 18.5 Å². The van der Waals surface area contributed by atoms with Crippen molar-refractivity contribution in [2.45, 2.75) is 48.6 Å². The largest absolute Gasteiger partial charge is 0.497 e. The van der Waals surface area contributed by atoms with Gasteiger partial charge in [0, 0.05) is 67.7 Å². The Morgan fingerprint density at radius 3 is 2.49 bits per heavy atom. The second kappa shape index (κ2) is 12.1. The number of benzene rings is 2. The molecule has 4 aromatic rings. The molecule has 0 spiro atoms. The topological polar surface area (TPSA) is 109 Å². The molecule has 0 N–H and O–H groups in total. The number of alkyl halides is 2. The number of halogens is 3. The van der Waals surface area contributed by atoms with Crippen molar-refractivity contribution >= 4 is 15.8 Å². The zero-order valence-electron chi connectivity index (χ0n) is 23.7. The summed E-state index contributed by atoms with van der Waals surface area (Å²) in [5, 5.41) is 4.13. The second-order valence-corrected chi connectivity index (χ2v) is 11.9. The molecule has 1 aliphatic carbocycles. The molecule has 5 rings (SSSR count). The first kappa shape index (κ1) is 30.1. The van der Waals surface area contributed by atoms with Crippen LogP contribution in [0.2, 0.25) is 0 Å². The first-order valence-electron chi connectivity index (χ1n) is 13.3. The number of sulfonamides is 1. The fourth-order valence-electron chi connectivity index (χ4n) is 5.22. The van der Waals surface area contributed by atoms with Crippen molar-refractivity contribution in [2.24, 2.45) is 7.05 Å². The van der Waals surface area contributed by atoms with Gasteiger partial charge in [0.1, 0.15) is 46.2 Å². The first-order valence-corrected chi connectivity index (χ1v) is 14.8. The van der Waals surface area contributed by atoms with E-state index in [1.54, 1.807) is 42.2 Å². The number of anilines is 1. The van der Waals surface area contributed by atoms with E-state index >= 15 is 4.39 Å². The van der Waals surface area contributed by atoms with E-state index in [-0.39, 0.29) is 31.0 Å². The minimum atomic E-state index is -4.55. The summed E-state index contributed by atoms with van der Waals surface area (Å²) in [7, 11) is 0.0809. The van der Waals surface area contributed by atoms with Crippen LogP contribution in [-0.4, -0.2) is 54.4 Å². The number of ether oxygens (including phenoxy) is 3. The summed E-state index contributed by atoms with van der Waals surface area (Å²) in [6.07, 6.45) is 2.39. The lowest BCUT2D eigenvalue weighted by Gasteiger charge is -2.36. The number of aryl methyl sites for hydroxylation is 1. The van der Waals surface area contributed by atoms with Crippen molar-refractivity contribution in [2.75, 3.05) is 18.5 Å². The highest BCUT2D eigenvalue weighted by molar-refractivity contribution is 7.92. The maximum atomic E-state index is 15.6. The molecule has 0 radical (unpaired) electrons. The summed E-state index contributed by atoms with van der Waals surface area (Å²) in [5.41, 5.74) is 1.18. The summed E-state index contributed by atoms with van der Waals surface area (Å²) in [4.78, 5) is 7.28. The van der Waals surface area contributed by atoms with E-state index in [0.717, 1.165) is 22.1 Å². The molecule has 1 saturated carbocycles. The predicted octanol–water partition coefficient (Wildman–Crippen LogP) is 5.11. The number of nitrogens with zero attached hydrogens (tertiary/aromatic N) is 5. The SMILES string of the molecule is COc1ccc(CN(c2ccncn2)S(=O)(=O)c2ccc(OC3CC(F)(F)CCC3c3ccnn3C)cc2F)c(OC)c1. The summed E-state index contributed by atoms with van der Waals surface area (Å²) >= 11 is 0. The first-order chi connectivity index (χ1) is 20.5. The Morgan fingerprint density at radius 2 is 1.84 bits per heavy atom. The van der Waals surface area contributed by atoms with Gasteiger partial charge in [0.15, 0.2) is 0 Å². The van der Waals surface area contributed by atoms with Crippen LogP contribution in [-0.2, 0) is 23.6 Å². The average molecular weight is 618 g/mol. The van der Waals surface area contributed by atoms with Crippen LogP contribution in [0.1, 0.15) is 36.4 Å². The van der Waals surface area contributed by atoms with Gasteiger partial charge in [-0.15, -0.1) is 0 Å². The van der Waals surface area contributed by atoms with Gasteiger partial charge in [-0.2, -0.15) is 5.10 Å². The van der Waals surface area contributed by atoms with Crippen molar-refractivity contribution < 1.29 is 35.8 Å². The van der Waals surface area contributed by atoms with Gasteiger partial charge >= 0.3 is 0 Å². The van der Waals surface area contributed by atoms with Crippen LogP contribution in [0, 0.1) is 5.82 Å². The van der Waals surface area contributed by atoms with Crippen LogP contribution in [0.3, 0.4) is 0 Å². The lowest BCUT2D eigenvalue weighted by Crippen LogP contribution is -2.39. The maximum Gasteiger partial charge on any atom is 0.268 e. The monoisotopic (exact) mass is 617 g/mol. The summed E-state index contributed by atoms with van der Waals surface area (Å²) in [6, 6.07) is 11.2. The molecule has 0 amide bonds. The molecule has 2 heterocycles. The standard InChI is InChI=1S/C29H30F3N5O5S/c1-36-24(9-13-35-36)22-8-11-29(31,32)16-26(22)42-21-6-7-27(23(30)14-21)43(38,39)37(28-10-12-33-18-34-28)17-19-4-5-20(40-2)15-25(19)41-3/h4-7,9-10,12-15,18,22,26H,8,11,16-17H2,1-3H3. The Balaban J connectivity index is 1.47. The quantitative estimate of drug-likeness (QED) is 0.242. The molecule has 2 unspecified atom stereocenters. The summed E-state index contributed by atoms with van der Waals surface area (Å²) < 4.78 is 91.4. The Morgan fingerprint density at radius 1 is 1.05 bits per heavy atom. The van der Waals surface area contributed by atoms with E-state index in [2.05, 4.69) is 15.1 Å². The maximum absolute atomic E-state index is 15.6. The number of aromatic nitrogens is 4. The second-order valence-electron chi connectivity index (χ2n) is 10.1. The third-order valence-electron chi connectivity index (χ3n) is 7.40. The Kier molecular flexibility index (Phi) is 8.49. The molecule has 1 aliphatic rings. The minimum absolute atomic E-state index is 0.00365. The molecule has 0 aliphatic heterocycles. The van der Waals surface area contributed by atoms with Gasteiger partial charge in [-0.05, 0) is 36.8 Å². The molecule has 2 atom stereocenters. The zero-order chi connectivity index (χ0) is 30.8. The average Bonchev–Trinajstić information content (AvgIpc) is 3.41. The van der Waals surface area contributed by atoms with Gasteiger partial charge in [0.05, 0.1) is 20.8 Å². The minimum Gasteiger partial charge on any atom is -0.497 e. The van der Waals surface area contributed by atoms with Crippen molar-refractivity contribution in [3.8, 4) is 17.2 Å². The van der Waals surface area contributed by atoms with Crippen molar-refractivity contribution in [1.29, 1.82) is 0 Å². The Labute approximate surface area is 247 Å². The number of hydrogen-bond acceptors (Lipinski definition) is 8. The molecule has 0 saturated heterocycles. The highest BCUT2D eigenvalue weighted by Crippen LogP contribution is 2.43. The highest BCUT2D eigenvalue weighted by Gasteiger charge is 2.44. The molecular formula is C29H30F3N5O5S. The Bertz CT molecular complexity index is 1690. The molecular weight excluding hydrogens is 587 g/mol. The fourth-order valence-corrected chi connectivity index (χ4v) is 6.66. The number of methoxy groups -OCH3 is 2. The van der Waals surface area contributed by atoms with E-state index < -0.39 is 45.1 Å². The molecule has 0 bridgehead atoms. The van der Waals surface area contributed by atoms with Gasteiger partial charge in [-0.1, -0.05) is 0 Å². The number of hydrogen-bond donors (Lipinski definition) is 0. The normalized spacial score (nSPS) is 18.2. The molecule has 10 nitrogen and oxygen atoms in total. The molecule has 1 fully saturated rings. The predicted molar refractivity (Wildman–Crippen MR) is 151 cm³/mol. The zero-order valence-corrected chi connectivity index (χ0v) is 24.5. The smallest absolute Gasteiger partial charge is 0.268 e. The number of rotatable bonds is 10. The van der Waals surface area contributed by atoms with E-state index in [1.807, 2.05) is 0 Å². The van der Waals surface area contributed by atoms with E-state index in [4.69, 9.17) is 14.2 Å². The Hall–Kier alpha value is -4.33. The third kappa shape index (κ3) is 6.38. The lowest BCUT2D eigenvalue weighted by molar-refractivity contribution is -0.0781. The van der Waals surface area contributed by atoms with Crippen LogP contribution in [0.15, 0.2) is 72.1 Å². The van der Waals surface area contributed by atoms with Crippen LogP contribution >= 0.6 is 0 Å². The third-order valence-corrected chi connectivity index (χ3v) is 9.18. The molecule has 228 valence electrons. The van der Waals surface area contributed by atoms with E-state index in [9.17, 15) is 17.2 Å². The van der Waals surface area contributed by atoms with Crippen molar-refractivity contribution in [1.82, 2.24) is 19.7 Å². The van der Waals surface area contributed by atoms with E-state index in [1.165, 1.54) is 38.9 Å². The molecule has 2 aromatic heterocycles. The van der Waals surface area contributed by atoms with Crippen LogP contribution in [0.25, 0.3) is 0 Å². The van der Waals surface area contributed by atoms with Gasteiger partial charge in [-0.3, -0.25) is 4.68 Å². The van der Waals surface area contributed by atoms with E-state index in [0.29, 0.717) is 17.1 Å². The summed E-state index contributed by atoms with van der Waals surface area (Å²) in [6.45, 7) is -0.256. The fraction of sp³-hybridized carbons (Fsp3) is 0.345.